The Kier molecular flexibility index (Phi) is 4.49. The van der Waals surface area contributed by atoms with E-state index >= 15 is 0 Å². The zero-order chi connectivity index (χ0) is 19.0. The van der Waals surface area contributed by atoms with Gasteiger partial charge in [0.2, 0.25) is 5.82 Å². The van der Waals surface area contributed by atoms with Crippen LogP contribution in [0.4, 0.5) is 5.82 Å². The van der Waals surface area contributed by atoms with Crippen molar-refractivity contribution in [3.05, 3.63) is 53.6 Å². The molecule has 0 aliphatic rings. The number of aromatic nitrogens is 5. The molecule has 0 saturated heterocycles. The van der Waals surface area contributed by atoms with Gasteiger partial charge in [0.05, 0.1) is 11.1 Å². The minimum absolute atomic E-state index is 0.247. The van der Waals surface area contributed by atoms with Crippen molar-refractivity contribution in [3.8, 4) is 22.5 Å². The summed E-state index contributed by atoms with van der Waals surface area (Å²) >= 11 is 6.32. The zero-order valence-electron chi connectivity index (χ0n) is 15.3. The van der Waals surface area contributed by atoms with E-state index in [1.54, 1.807) is 0 Å². The Hall–Kier alpha value is -2.99. The maximum Gasteiger partial charge on any atom is 0.209 e. The number of aromatic amines is 1. The first-order valence-electron chi connectivity index (χ1n) is 8.71. The lowest BCUT2D eigenvalue weighted by Crippen LogP contribution is -2.27. The molecule has 27 heavy (non-hydrogen) atoms. The lowest BCUT2D eigenvalue weighted by molar-refractivity contribution is 0.745. The molecule has 0 atom stereocenters. The SMILES string of the molecule is CC(C)N(C)c1nc2ccc(Cl)cc2c(-c2ccccc2)c1-c1nn[nH]n1. The van der Waals surface area contributed by atoms with Gasteiger partial charge in [-0.1, -0.05) is 41.9 Å². The normalized spacial score (nSPS) is 11.3. The van der Waals surface area contributed by atoms with Gasteiger partial charge in [0.25, 0.3) is 0 Å². The van der Waals surface area contributed by atoms with Crippen molar-refractivity contribution in [2.45, 2.75) is 19.9 Å². The van der Waals surface area contributed by atoms with Gasteiger partial charge in [0.15, 0.2) is 0 Å². The molecule has 0 amide bonds. The number of hydrogen-bond donors (Lipinski definition) is 1. The molecule has 2 aromatic heterocycles. The molecule has 0 spiro atoms. The largest absolute Gasteiger partial charge is 0.357 e. The molecule has 0 saturated carbocycles. The summed E-state index contributed by atoms with van der Waals surface area (Å²) in [5.41, 5.74) is 3.74. The van der Waals surface area contributed by atoms with Crippen molar-refractivity contribution in [2.24, 2.45) is 0 Å². The predicted molar refractivity (Wildman–Crippen MR) is 109 cm³/mol. The van der Waals surface area contributed by atoms with Gasteiger partial charge in [-0.3, -0.25) is 0 Å². The maximum atomic E-state index is 6.32. The molecular weight excluding hydrogens is 360 g/mol. The van der Waals surface area contributed by atoms with Gasteiger partial charge in [-0.25, -0.2) is 4.98 Å². The first-order chi connectivity index (χ1) is 13.1. The third-order valence-corrected chi connectivity index (χ3v) is 4.90. The number of tetrazole rings is 1. The molecule has 2 aromatic carbocycles. The maximum absolute atomic E-state index is 6.32. The Balaban J connectivity index is 2.18. The Morgan fingerprint density at radius 3 is 2.48 bits per heavy atom. The lowest BCUT2D eigenvalue weighted by Gasteiger charge is -2.26. The van der Waals surface area contributed by atoms with E-state index in [1.807, 2.05) is 43.4 Å². The highest BCUT2D eigenvalue weighted by Crippen LogP contribution is 2.42. The highest BCUT2D eigenvalue weighted by atomic mass is 35.5. The Morgan fingerprint density at radius 1 is 1.04 bits per heavy atom. The molecule has 0 fully saturated rings. The first-order valence-corrected chi connectivity index (χ1v) is 9.09. The van der Waals surface area contributed by atoms with E-state index in [4.69, 9.17) is 16.6 Å². The van der Waals surface area contributed by atoms with Crippen LogP contribution < -0.4 is 4.90 Å². The molecule has 136 valence electrons. The number of H-pyrrole nitrogens is 1. The molecule has 0 aliphatic heterocycles. The number of anilines is 1. The van der Waals surface area contributed by atoms with Gasteiger partial charge in [-0.05, 0) is 42.8 Å². The van der Waals surface area contributed by atoms with Crippen LogP contribution in [0.2, 0.25) is 5.02 Å². The molecule has 0 radical (unpaired) electrons. The Bertz CT molecular complexity index is 1080. The highest BCUT2D eigenvalue weighted by molar-refractivity contribution is 6.31. The van der Waals surface area contributed by atoms with E-state index in [2.05, 4.69) is 51.5 Å². The zero-order valence-corrected chi connectivity index (χ0v) is 16.1. The van der Waals surface area contributed by atoms with Crippen LogP contribution >= 0.6 is 11.6 Å². The third-order valence-electron chi connectivity index (χ3n) is 4.67. The summed E-state index contributed by atoms with van der Waals surface area (Å²) in [6.45, 7) is 4.24. The average Bonchev–Trinajstić information content (AvgIpc) is 3.21. The van der Waals surface area contributed by atoms with Crippen LogP contribution in [0.3, 0.4) is 0 Å². The van der Waals surface area contributed by atoms with Crippen LogP contribution in [-0.2, 0) is 0 Å². The van der Waals surface area contributed by atoms with Crippen LogP contribution in [0.1, 0.15) is 13.8 Å². The summed E-state index contributed by atoms with van der Waals surface area (Å²) in [6.07, 6.45) is 0. The third kappa shape index (κ3) is 3.13. The lowest BCUT2D eigenvalue weighted by atomic mass is 9.94. The smallest absolute Gasteiger partial charge is 0.209 e. The minimum atomic E-state index is 0.247. The van der Waals surface area contributed by atoms with E-state index in [9.17, 15) is 0 Å². The summed E-state index contributed by atoms with van der Waals surface area (Å²) in [6, 6.07) is 16.1. The van der Waals surface area contributed by atoms with E-state index in [1.165, 1.54) is 0 Å². The summed E-state index contributed by atoms with van der Waals surface area (Å²) in [4.78, 5) is 7.04. The van der Waals surface area contributed by atoms with Crippen LogP contribution in [0.15, 0.2) is 48.5 Å². The molecule has 4 rings (SSSR count). The number of halogens is 1. The van der Waals surface area contributed by atoms with E-state index in [0.29, 0.717) is 10.8 Å². The van der Waals surface area contributed by atoms with E-state index in [-0.39, 0.29) is 6.04 Å². The number of nitrogens with one attached hydrogen (secondary N) is 1. The molecule has 2 heterocycles. The summed E-state index contributed by atoms with van der Waals surface area (Å²) in [5, 5.41) is 16.5. The van der Waals surface area contributed by atoms with Gasteiger partial charge in [0.1, 0.15) is 5.82 Å². The van der Waals surface area contributed by atoms with E-state index in [0.717, 1.165) is 33.4 Å². The molecule has 0 aliphatic carbocycles. The Labute approximate surface area is 162 Å². The molecule has 4 aromatic rings. The van der Waals surface area contributed by atoms with Gasteiger partial charge >= 0.3 is 0 Å². The predicted octanol–water partition coefficient (Wildman–Crippen LogP) is 4.58. The molecule has 1 N–H and O–H groups in total. The highest BCUT2D eigenvalue weighted by Gasteiger charge is 2.24. The molecule has 0 bridgehead atoms. The summed E-state index contributed by atoms with van der Waals surface area (Å²) in [5.74, 6) is 1.31. The van der Waals surface area contributed by atoms with Crippen molar-refractivity contribution in [1.82, 2.24) is 25.6 Å². The minimum Gasteiger partial charge on any atom is -0.357 e. The van der Waals surface area contributed by atoms with Gasteiger partial charge in [-0.2, -0.15) is 5.21 Å². The van der Waals surface area contributed by atoms with Crippen LogP contribution in [-0.4, -0.2) is 38.7 Å². The van der Waals surface area contributed by atoms with Gasteiger partial charge in [-0.15, -0.1) is 10.2 Å². The number of fused-ring (bicyclic) bond motifs is 1. The summed E-state index contributed by atoms with van der Waals surface area (Å²) in [7, 11) is 2.02. The number of benzene rings is 2. The quantitative estimate of drug-likeness (QED) is 0.562. The second kappa shape index (κ2) is 6.96. The van der Waals surface area contributed by atoms with Crippen molar-refractivity contribution in [2.75, 3.05) is 11.9 Å². The second-order valence-corrected chi connectivity index (χ2v) is 7.09. The van der Waals surface area contributed by atoms with Crippen molar-refractivity contribution < 1.29 is 0 Å². The monoisotopic (exact) mass is 378 g/mol. The number of pyridine rings is 1. The van der Waals surface area contributed by atoms with Crippen LogP contribution in [0.25, 0.3) is 33.4 Å². The number of nitrogens with zero attached hydrogens (tertiary/aromatic N) is 5. The summed E-state index contributed by atoms with van der Waals surface area (Å²) < 4.78 is 0. The fraction of sp³-hybridized carbons (Fsp3) is 0.200. The van der Waals surface area contributed by atoms with Crippen LogP contribution in [0.5, 0.6) is 0 Å². The molecule has 6 nitrogen and oxygen atoms in total. The standard InChI is InChI=1S/C20H19ClN6/c1-12(2)27(3)20-18(19-23-25-26-24-19)17(13-7-5-4-6-8-13)15-11-14(21)9-10-16(15)22-20/h4-12H,1-3H3,(H,23,24,25,26). The van der Waals surface area contributed by atoms with Crippen molar-refractivity contribution in [3.63, 3.8) is 0 Å². The molecule has 0 unspecified atom stereocenters. The van der Waals surface area contributed by atoms with Gasteiger partial charge in [0, 0.05) is 29.1 Å². The fourth-order valence-corrected chi connectivity index (χ4v) is 3.28. The van der Waals surface area contributed by atoms with Crippen molar-refractivity contribution >= 4 is 28.3 Å². The fourth-order valence-electron chi connectivity index (χ4n) is 3.11. The topological polar surface area (TPSA) is 70.6 Å². The van der Waals surface area contributed by atoms with Crippen molar-refractivity contribution in [1.29, 1.82) is 0 Å². The van der Waals surface area contributed by atoms with E-state index < -0.39 is 0 Å². The second-order valence-electron chi connectivity index (χ2n) is 6.65. The average molecular weight is 379 g/mol. The Morgan fingerprint density at radius 2 is 1.81 bits per heavy atom. The number of hydrogen-bond acceptors (Lipinski definition) is 5. The first kappa shape index (κ1) is 17.4. The molecule has 7 heteroatoms. The van der Waals surface area contributed by atoms with Gasteiger partial charge < -0.3 is 4.90 Å². The van der Waals surface area contributed by atoms with Crippen LogP contribution in [0, 0.1) is 0 Å². The molecular formula is C20H19ClN6. The number of rotatable bonds is 4.